The van der Waals surface area contributed by atoms with Gasteiger partial charge in [-0.2, -0.15) is 0 Å². The summed E-state index contributed by atoms with van der Waals surface area (Å²) < 4.78 is 0. The average Bonchev–Trinajstić information content (AvgIpc) is 3.12. The summed E-state index contributed by atoms with van der Waals surface area (Å²) >= 11 is 1.63. The molecule has 3 aliphatic rings. The first-order valence-electron chi connectivity index (χ1n) is 14.3. The maximum Gasteiger partial charge on any atom is 0.322 e. The summed E-state index contributed by atoms with van der Waals surface area (Å²) in [4.78, 5) is 45.7. The molecule has 2 unspecified atom stereocenters. The number of amides is 4. The molecule has 4 amide bonds. The van der Waals surface area contributed by atoms with Crippen molar-refractivity contribution in [2.45, 2.75) is 69.5 Å². The fraction of sp³-hybridized carbons (Fsp3) is 0.516. The first-order chi connectivity index (χ1) is 18.8. The number of thioether (sulfide) groups is 1. The van der Waals surface area contributed by atoms with E-state index >= 15 is 0 Å². The highest BCUT2D eigenvalue weighted by Gasteiger charge is 2.43. The van der Waals surface area contributed by atoms with Gasteiger partial charge < -0.3 is 20.0 Å². The molecule has 8 heteroatoms. The van der Waals surface area contributed by atoms with Gasteiger partial charge in [0.25, 0.3) is 0 Å². The number of carbonyl (C=O) groups is 3. The van der Waals surface area contributed by atoms with Crippen LogP contribution < -0.4 is 5.32 Å². The Morgan fingerprint density at radius 3 is 2.49 bits per heavy atom. The van der Waals surface area contributed by atoms with Crippen LogP contribution in [0.15, 0.2) is 48.5 Å². The molecule has 0 radical (unpaired) electrons. The lowest BCUT2D eigenvalue weighted by molar-refractivity contribution is -0.136. The van der Waals surface area contributed by atoms with E-state index in [1.807, 2.05) is 45.0 Å². The Kier molecular flexibility index (Phi) is 8.50. The van der Waals surface area contributed by atoms with Crippen LogP contribution in [0.3, 0.4) is 0 Å². The molecule has 2 atom stereocenters. The predicted octanol–water partition coefficient (Wildman–Crippen LogP) is 5.46. The minimum Gasteiger partial charge on any atom is -0.342 e. The molecule has 0 aliphatic carbocycles. The van der Waals surface area contributed by atoms with Crippen molar-refractivity contribution in [1.29, 1.82) is 0 Å². The van der Waals surface area contributed by atoms with Gasteiger partial charge >= 0.3 is 6.03 Å². The number of para-hydroxylation sites is 1. The van der Waals surface area contributed by atoms with Crippen LogP contribution in [-0.2, 0) is 16.0 Å². The summed E-state index contributed by atoms with van der Waals surface area (Å²) in [6.45, 7) is 9.06. The highest BCUT2D eigenvalue weighted by molar-refractivity contribution is 8.01. The molecule has 2 fully saturated rings. The lowest BCUT2D eigenvalue weighted by Crippen LogP contribution is -2.50. The van der Waals surface area contributed by atoms with Gasteiger partial charge in [-0.15, -0.1) is 11.8 Å². The maximum absolute atomic E-state index is 13.5. The van der Waals surface area contributed by atoms with Crippen molar-refractivity contribution in [3.63, 3.8) is 0 Å². The molecule has 7 nitrogen and oxygen atoms in total. The van der Waals surface area contributed by atoms with Crippen molar-refractivity contribution in [3.8, 4) is 0 Å². The Morgan fingerprint density at radius 1 is 1.03 bits per heavy atom. The van der Waals surface area contributed by atoms with Gasteiger partial charge in [0, 0.05) is 44.3 Å². The zero-order chi connectivity index (χ0) is 27.5. The molecule has 0 saturated carbocycles. The minimum atomic E-state index is -0.359. The van der Waals surface area contributed by atoms with Crippen LogP contribution in [0.2, 0.25) is 0 Å². The number of carbonyl (C=O) groups excluding carboxylic acids is 3. The number of piperidine rings is 1. The third-order valence-corrected chi connectivity index (χ3v) is 9.76. The van der Waals surface area contributed by atoms with E-state index in [0.717, 1.165) is 42.5 Å². The van der Waals surface area contributed by atoms with Gasteiger partial charge in [-0.1, -0.05) is 56.3 Å². The number of hydrogen-bond donors (Lipinski definition) is 1. The van der Waals surface area contributed by atoms with Crippen LogP contribution in [0.5, 0.6) is 0 Å². The Labute approximate surface area is 236 Å². The SMILES string of the molecule is Cc1ccccc1C1SC(CC(=O)N2CCC(N3CCc4ccccc4NC3=O)CC2)C(=O)N1CCC(C)C. The van der Waals surface area contributed by atoms with Crippen molar-refractivity contribution >= 4 is 35.3 Å². The summed E-state index contributed by atoms with van der Waals surface area (Å²) in [6.07, 6.45) is 3.51. The average molecular weight is 549 g/mol. The fourth-order valence-electron chi connectivity index (χ4n) is 5.91. The summed E-state index contributed by atoms with van der Waals surface area (Å²) in [5.41, 5.74) is 4.38. The Hall–Kier alpha value is -3.00. The van der Waals surface area contributed by atoms with Gasteiger partial charge in [0.15, 0.2) is 0 Å². The van der Waals surface area contributed by atoms with Gasteiger partial charge in [-0.3, -0.25) is 9.59 Å². The van der Waals surface area contributed by atoms with Crippen molar-refractivity contribution in [1.82, 2.24) is 14.7 Å². The van der Waals surface area contributed by atoms with Crippen LogP contribution in [-0.4, -0.2) is 70.0 Å². The number of aryl methyl sites for hydroxylation is 1. The van der Waals surface area contributed by atoms with E-state index in [0.29, 0.717) is 32.1 Å². The second-order valence-corrected chi connectivity index (χ2v) is 12.7. The van der Waals surface area contributed by atoms with Crippen molar-refractivity contribution in [3.05, 3.63) is 65.2 Å². The number of anilines is 1. The second-order valence-electron chi connectivity index (χ2n) is 11.4. The Balaban J connectivity index is 1.19. The molecular formula is C31H40N4O3S. The maximum atomic E-state index is 13.5. The predicted molar refractivity (Wildman–Crippen MR) is 157 cm³/mol. The number of urea groups is 1. The molecule has 2 saturated heterocycles. The van der Waals surface area contributed by atoms with E-state index in [-0.39, 0.29) is 40.9 Å². The highest BCUT2D eigenvalue weighted by Crippen LogP contribution is 2.45. The van der Waals surface area contributed by atoms with Crippen LogP contribution in [0.4, 0.5) is 10.5 Å². The number of nitrogens with zero attached hydrogens (tertiary/aromatic N) is 3. The molecule has 5 rings (SSSR count). The molecule has 0 aromatic heterocycles. The molecule has 208 valence electrons. The molecule has 3 aliphatic heterocycles. The fourth-order valence-corrected chi connectivity index (χ4v) is 7.47. The summed E-state index contributed by atoms with van der Waals surface area (Å²) in [5, 5.41) is 2.65. The van der Waals surface area contributed by atoms with Crippen LogP contribution in [0, 0.1) is 12.8 Å². The topological polar surface area (TPSA) is 73.0 Å². The van der Waals surface area contributed by atoms with Gasteiger partial charge in [0.05, 0.1) is 5.25 Å². The zero-order valence-electron chi connectivity index (χ0n) is 23.3. The highest BCUT2D eigenvalue weighted by atomic mass is 32.2. The van der Waals surface area contributed by atoms with Gasteiger partial charge in [-0.05, 0) is 61.3 Å². The van der Waals surface area contributed by atoms with E-state index in [1.54, 1.807) is 11.8 Å². The summed E-state index contributed by atoms with van der Waals surface area (Å²) in [5.74, 6) is 0.627. The molecule has 2 aromatic carbocycles. The smallest absolute Gasteiger partial charge is 0.322 e. The summed E-state index contributed by atoms with van der Waals surface area (Å²) in [7, 11) is 0. The zero-order valence-corrected chi connectivity index (χ0v) is 24.1. The van der Waals surface area contributed by atoms with Gasteiger partial charge in [0.1, 0.15) is 5.37 Å². The van der Waals surface area contributed by atoms with E-state index in [4.69, 9.17) is 0 Å². The number of nitrogens with one attached hydrogen (secondary N) is 1. The second kappa shape index (κ2) is 12.0. The first-order valence-corrected chi connectivity index (χ1v) is 15.2. The van der Waals surface area contributed by atoms with E-state index in [1.165, 1.54) is 5.56 Å². The third-order valence-electron chi connectivity index (χ3n) is 8.30. The monoisotopic (exact) mass is 548 g/mol. The first kappa shape index (κ1) is 27.6. The number of hydrogen-bond acceptors (Lipinski definition) is 4. The lowest BCUT2D eigenvalue weighted by Gasteiger charge is -2.38. The van der Waals surface area contributed by atoms with E-state index < -0.39 is 0 Å². The molecular weight excluding hydrogens is 508 g/mol. The standard InChI is InChI=1S/C31H40N4O3S/c1-21(2)12-18-35-29(37)27(39-30(35)25-10-6-4-8-22(25)3)20-28(36)33-16-14-24(15-17-33)34-19-13-23-9-5-7-11-26(23)32-31(34)38/h4-11,21,24,27,30H,12-20H2,1-3H3,(H,32,38). The number of benzene rings is 2. The largest absolute Gasteiger partial charge is 0.342 e. The minimum absolute atomic E-state index is 0.0428. The quantitative estimate of drug-likeness (QED) is 0.499. The number of fused-ring (bicyclic) bond motifs is 1. The molecule has 39 heavy (non-hydrogen) atoms. The van der Waals surface area contributed by atoms with Crippen LogP contribution in [0.1, 0.15) is 61.6 Å². The van der Waals surface area contributed by atoms with Crippen LogP contribution in [0.25, 0.3) is 0 Å². The number of rotatable bonds is 7. The third kappa shape index (κ3) is 6.11. The molecule has 1 N–H and O–H groups in total. The van der Waals surface area contributed by atoms with Crippen LogP contribution >= 0.6 is 11.8 Å². The molecule has 0 bridgehead atoms. The normalized spacial score (nSPS) is 22.2. The van der Waals surface area contributed by atoms with Gasteiger partial charge in [0.2, 0.25) is 11.8 Å². The van der Waals surface area contributed by atoms with Crippen molar-refractivity contribution < 1.29 is 14.4 Å². The lowest BCUT2D eigenvalue weighted by atomic mass is 10.0. The Morgan fingerprint density at radius 2 is 1.74 bits per heavy atom. The molecule has 3 heterocycles. The van der Waals surface area contributed by atoms with Crippen molar-refractivity contribution in [2.24, 2.45) is 5.92 Å². The summed E-state index contributed by atoms with van der Waals surface area (Å²) in [6, 6.07) is 16.3. The Bertz CT molecular complexity index is 1210. The number of likely N-dealkylation sites (tertiary alicyclic amines) is 1. The van der Waals surface area contributed by atoms with E-state index in [2.05, 4.69) is 44.3 Å². The molecule has 0 spiro atoms. The van der Waals surface area contributed by atoms with Gasteiger partial charge in [-0.25, -0.2) is 4.79 Å². The van der Waals surface area contributed by atoms with E-state index in [9.17, 15) is 14.4 Å². The molecule has 2 aromatic rings. The van der Waals surface area contributed by atoms with Crippen molar-refractivity contribution in [2.75, 3.05) is 31.5 Å².